The average Bonchev–Trinajstić information content (AvgIpc) is 2.46. The van der Waals surface area contributed by atoms with E-state index in [1.165, 1.54) is 0 Å². The first-order valence-corrected chi connectivity index (χ1v) is 6.32. The van der Waals surface area contributed by atoms with E-state index in [0.29, 0.717) is 10.6 Å². The molecule has 2 nitrogen and oxygen atoms in total. The van der Waals surface area contributed by atoms with Crippen molar-refractivity contribution in [1.82, 2.24) is 0 Å². The van der Waals surface area contributed by atoms with Crippen LogP contribution in [0.2, 0.25) is 5.02 Å². The minimum Gasteiger partial charge on any atom is -0.294 e. The predicted octanol–water partition coefficient (Wildman–Crippen LogP) is 4.22. The van der Waals surface area contributed by atoms with Gasteiger partial charge in [-0.15, -0.1) is 0 Å². The van der Waals surface area contributed by atoms with E-state index in [-0.39, 0.29) is 12.2 Å². The number of ketones is 1. The van der Waals surface area contributed by atoms with Crippen LogP contribution in [0, 0.1) is 11.3 Å². The van der Waals surface area contributed by atoms with Gasteiger partial charge in [-0.1, -0.05) is 41.9 Å². The third kappa shape index (κ3) is 3.43. The van der Waals surface area contributed by atoms with Crippen LogP contribution < -0.4 is 0 Å². The number of nitriles is 1. The van der Waals surface area contributed by atoms with Crippen LogP contribution in [0.4, 0.5) is 0 Å². The van der Waals surface area contributed by atoms with Crippen LogP contribution in [0.1, 0.15) is 28.3 Å². The third-order valence-electron chi connectivity index (χ3n) is 2.91. The largest absolute Gasteiger partial charge is 0.294 e. The Bertz CT molecular complexity index is 599. The Morgan fingerprint density at radius 1 is 1.11 bits per heavy atom. The Morgan fingerprint density at radius 2 is 1.74 bits per heavy atom. The topological polar surface area (TPSA) is 40.9 Å². The van der Waals surface area contributed by atoms with Crippen molar-refractivity contribution in [3.63, 3.8) is 0 Å². The van der Waals surface area contributed by atoms with Gasteiger partial charge in [0.05, 0.1) is 12.0 Å². The second kappa shape index (κ2) is 6.17. The minimum absolute atomic E-state index is 0.0490. The van der Waals surface area contributed by atoms with E-state index < -0.39 is 5.92 Å². The van der Waals surface area contributed by atoms with Crippen LogP contribution in [0.5, 0.6) is 0 Å². The summed E-state index contributed by atoms with van der Waals surface area (Å²) in [5.74, 6) is -0.462. The lowest BCUT2D eigenvalue weighted by Crippen LogP contribution is -2.06. The van der Waals surface area contributed by atoms with E-state index in [0.717, 1.165) is 5.56 Å². The van der Waals surface area contributed by atoms with E-state index in [9.17, 15) is 10.1 Å². The van der Waals surface area contributed by atoms with E-state index in [2.05, 4.69) is 6.07 Å². The molecule has 0 radical (unpaired) electrons. The molecule has 2 aromatic carbocycles. The summed E-state index contributed by atoms with van der Waals surface area (Å²) >= 11 is 5.78. The quantitative estimate of drug-likeness (QED) is 0.780. The summed E-state index contributed by atoms with van der Waals surface area (Å²) in [4.78, 5) is 12.1. The molecule has 0 heterocycles. The zero-order chi connectivity index (χ0) is 13.7. The molecule has 0 unspecified atom stereocenters. The first kappa shape index (κ1) is 13.3. The van der Waals surface area contributed by atoms with E-state index in [1.807, 2.05) is 30.3 Å². The molecule has 0 saturated carbocycles. The predicted molar refractivity (Wildman–Crippen MR) is 75.2 cm³/mol. The van der Waals surface area contributed by atoms with Crippen LogP contribution in [-0.2, 0) is 0 Å². The average molecular weight is 270 g/mol. The molecule has 19 heavy (non-hydrogen) atoms. The lowest BCUT2D eigenvalue weighted by atomic mass is 9.93. The van der Waals surface area contributed by atoms with Crippen LogP contribution in [0.25, 0.3) is 0 Å². The Labute approximate surface area is 117 Å². The highest BCUT2D eigenvalue weighted by Gasteiger charge is 2.16. The van der Waals surface area contributed by atoms with Crippen molar-refractivity contribution in [2.24, 2.45) is 0 Å². The van der Waals surface area contributed by atoms with Crippen LogP contribution in [0.15, 0.2) is 54.6 Å². The number of rotatable bonds is 4. The second-order valence-corrected chi connectivity index (χ2v) is 4.66. The summed E-state index contributed by atoms with van der Waals surface area (Å²) in [6, 6.07) is 18.3. The maximum Gasteiger partial charge on any atom is 0.164 e. The zero-order valence-electron chi connectivity index (χ0n) is 10.2. The number of nitrogens with zero attached hydrogens (tertiary/aromatic N) is 1. The molecule has 0 saturated heterocycles. The first-order valence-electron chi connectivity index (χ1n) is 5.94. The molecule has 0 fully saturated rings. The molecular formula is C16H12ClNO. The van der Waals surface area contributed by atoms with Gasteiger partial charge >= 0.3 is 0 Å². The lowest BCUT2D eigenvalue weighted by Gasteiger charge is -2.08. The Morgan fingerprint density at radius 3 is 2.32 bits per heavy atom. The highest BCUT2D eigenvalue weighted by atomic mass is 35.5. The van der Waals surface area contributed by atoms with Gasteiger partial charge in [0.15, 0.2) is 5.78 Å². The molecule has 2 rings (SSSR count). The van der Waals surface area contributed by atoms with Gasteiger partial charge in [0.25, 0.3) is 0 Å². The number of Topliss-reactive ketones (excluding diaryl/α,β-unsaturated/α-hetero) is 1. The number of halogens is 1. The SMILES string of the molecule is N#C[C@H](CC(=O)c1ccc(Cl)cc1)c1ccccc1. The van der Waals surface area contributed by atoms with Crippen molar-refractivity contribution >= 4 is 17.4 Å². The van der Waals surface area contributed by atoms with Gasteiger partial charge in [-0.05, 0) is 29.8 Å². The standard InChI is InChI=1S/C16H12ClNO/c17-15-8-6-13(7-9-15)16(19)10-14(11-18)12-4-2-1-3-5-12/h1-9,14H,10H2/t14-/m0/s1. The molecule has 1 atom stereocenters. The number of hydrogen-bond acceptors (Lipinski definition) is 2. The van der Waals surface area contributed by atoms with Gasteiger partial charge in [-0.2, -0.15) is 5.26 Å². The molecule has 2 aromatic rings. The third-order valence-corrected chi connectivity index (χ3v) is 3.17. The normalized spacial score (nSPS) is 11.6. The van der Waals surface area contributed by atoms with Crippen molar-refractivity contribution in [2.75, 3.05) is 0 Å². The Hall–Kier alpha value is -2.11. The summed E-state index contributed by atoms with van der Waals surface area (Å²) in [5, 5.41) is 9.79. The molecular weight excluding hydrogens is 258 g/mol. The zero-order valence-corrected chi connectivity index (χ0v) is 11.0. The number of hydrogen-bond donors (Lipinski definition) is 0. The van der Waals surface area contributed by atoms with Gasteiger partial charge in [0.1, 0.15) is 0 Å². The fourth-order valence-corrected chi connectivity index (χ4v) is 1.99. The molecule has 0 N–H and O–H groups in total. The molecule has 0 spiro atoms. The van der Waals surface area contributed by atoms with Crippen LogP contribution in [0.3, 0.4) is 0 Å². The monoisotopic (exact) mass is 269 g/mol. The molecule has 94 valence electrons. The van der Waals surface area contributed by atoms with Crippen molar-refractivity contribution in [1.29, 1.82) is 5.26 Å². The fourth-order valence-electron chi connectivity index (χ4n) is 1.86. The highest BCUT2D eigenvalue weighted by Crippen LogP contribution is 2.21. The summed E-state index contributed by atoms with van der Waals surface area (Å²) in [5.41, 5.74) is 1.45. The van der Waals surface area contributed by atoms with Crippen molar-refractivity contribution in [3.05, 3.63) is 70.7 Å². The summed E-state index contributed by atoms with van der Waals surface area (Å²) in [7, 11) is 0. The van der Waals surface area contributed by atoms with Crippen LogP contribution in [-0.4, -0.2) is 5.78 Å². The lowest BCUT2D eigenvalue weighted by molar-refractivity contribution is 0.0979. The summed E-state index contributed by atoms with van der Waals surface area (Å²) < 4.78 is 0. The number of carbonyl (C=O) groups is 1. The molecule has 0 bridgehead atoms. The highest BCUT2D eigenvalue weighted by molar-refractivity contribution is 6.30. The molecule has 0 amide bonds. The number of carbonyl (C=O) groups excluding carboxylic acids is 1. The van der Waals surface area contributed by atoms with Gasteiger partial charge in [0.2, 0.25) is 0 Å². The van der Waals surface area contributed by atoms with Gasteiger partial charge in [0, 0.05) is 17.0 Å². The van der Waals surface area contributed by atoms with Crippen LogP contribution >= 0.6 is 11.6 Å². The van der Waals surface area contributed by atoms with Crippen molar-refractivity contribution in [3.8, 4) is 6.07 Å². The van der Waals surface area contributed by atoms with Gasteiger partial charge in [-0.3, -0.25) is 4.79 Å². The molecule has 0 aromatic heterocycles. The molecule has 0 aliphatic heterocycles. The summed E-state index contributed by atoms with van der Waals surface area (Å²) in [6.07, 6.45) is 0.183. The van der Waals surface area contributed by atoms with Crippen molar-refractivity contribution < 1.29 is 4.79 Å². The Balaban J connectivity index is 2.13. The molecule has 0 aliphatic carbocycles. The first-order chi connectivity index (χ1) is 9.20. The minimum atomic E-state index is -0.413. The van der Waals surface area contributed by atoms with Gasteiger partial charge < -0.3 is 0 Å². The van der Waals surface area contributed by atoms with E-state index >= 15 is 0 Å². The van der Waals surface area contributed by atoms with E-state index in [4.69, 9.17) is 11.6 Å². The fraction of sp³-hybridized carbons (Fsp3) is 0.125. The molecule has 3 heteroatoms. The Kier molecular flexibility index (Phi) is 4.33. The second-order valence-electron chi connectivity index (χ2n) is 4.23. The van der Waals surface area contributed by atoms with Crippen molar-refractivity contribution in [2.45, 2.75) is 12.3 Å². The molecule has 0 aliphatic rings. The maximum atomic E-state index is 12.1. The summed E-state index contributed by atoms with van der Waals surface area (Å²) in [6.45, 7) is 0. The van der Waals surface area contributed by atoms with E-state index in [1.54, 1.807) is 24.3 Å². The maximum absolute atomic E-state index is 12.1. The number of benzene rings is 2. The smallest absolute Gasteiger partial charge is 0.164 e. The van der Waals surface area contributed by atoms with Gasteiger partial charge in [-0.25, -0.2) is 0 Å².